The van der Waals surface area contributed by atoms with Crippen LogP contribution in [0.2, 0.25) is 0 Å². The van der Waals surface area contributed by atoms with Gasteiger partial charge in [0.15, 0.2) is 5.11 Å². The largest absolute Gasteiger partial charge is 0.359 e. The molecule has 3 unspecified atom stereocenters. The molecule has 1 saturated heterocycles. The highest BCUT2D eigenvalue weighted by atomic mass is 32.1. The first-order valence-electron chi connectivity index (χ1n) is 9.11. The number of thiocarbonyl (C=S) groups is 1. The molecule has 126 valence electrons. The summed E-state index contributed by atoms with van der Waals surface area (Å²) in [6.07, 6.45) is 8.43. The molecule has 2 fully saturated rings. The molecule has 2 aliphatic carbocycles. The number of nitrogens with zero attached hydrogens (tertiary/aromatic N) is 2. The summed E-state index contributed by atoms with van der Waals surface area (Å²) in [7, 11) is 0. The number of hydrogen-bond acceptors (Lipinski definition) is 2. The molecule has 5 atom stereocenters. The zero-order valence-electron chi connectivity index (χ0n) is 13.7. The predicted molar refractivity (Wildman–Crippen MR) is 98.0 cm³/mol. The molecule has 1 aromatic heterocycles. The Balaban J connectivity index is 1.32. The number of rotatable bonds is 1. The van der Waals surface area contributed by atoms with E-state index in [1.54, 1.807) is 6.07 Å². The summed E-state index contributed by atoms with van der Waals surface area (Å²) in [5.74, 6) is 2.37. The van der Waals surface area contributed by atoms with Crippen molar-refractivity contribution in [1.29, 1.82) is 0 Å². The minimum absolute atomic E-state index is 0.144. The maximum atomic E-state index is 12.1. The minimum atomic E-state index is 0.144. The van der Waals surface area contributed by atoms with Crippen LogP contribution >= 0.6 is 12.2 Å². The Morgan fingerprint density at radius 2 is 2.04 bits per heavy atom. The molecule has 1 saturated carbocycles. The van der Waals surface area contributed by atoms with Crippen molar-refractivity contribution >= 4 is 17.3 Å². The van der Waals surface area contributed by atoms with Crippen LogP contribution in [0.1, 0.15) is 30.9 Å². The fraction of sp³-hybridized carbons (Fsp3) is 0.579. The zero-order valence-corrected chi connectivity index (χ0v) is 14.5. The van der Waals surface area contributed by atoms with Crippen molar-refractivity contribution in [3.8, 4) is 0 Å². The van der Waals surface area contributed by atoms with Gasteiger partial charge in [0.25, 0.3) is 5.56 Å². The molecule has 0 aromatic carbocycles. The summed E-state index contributed by atoms with van der Waals surface area (Å²) in [5, 5.41) is 4.56. The number of hydrogen-bond donors (Lipinski definition) is 1. The summed E-state index contributed by atoms with van der Waals surface area (Å²) in [5.41, 5.74) is 1.33. The molecule has 1 N–H and O–H groups in total. The Hall–Kier alpha value is -1.62. The SMILES string of the molecule is O=c1cccc2n1C[C@@H]1C[C@@H]2CN(C(=S)NC2CC3C=CC2C3)C1. The highest BCUT2D eigenvalue weighted by Crippen LogP contribution is 2.39. The number of pyridine rings is 1. The lowest BCUT2D eigenvalue weighted by atomic mass is 9.83. The average molecular weight is 341 g/mol. The van der Waals surface area contributed by atoms with Crippen LogP contribution in [-0.4, -0.2) is 33.7 Å². The average Bonchev–Trinajstić information content (AvgIpc) is 3.18. The third-order valence-electron chi connectivity index (χ3n) is 6.35. The molecule has 24 heavy (non-hydrogen) atoms. The van der Waals surface area contributed by atoms with Gasteiger partial charge in [-0.05, 0) is 55.3 Å². The molecule has 1 aromatic rings. The Labute approximate surface area is 147 Å². The standard InChI is InChI=1S/C19H23N3OS/c23-18-3-1-2-17-15-7-13(10-22(17)18)9-21(11-15)19(24)20-16-8-12-4-5-14(16)6-12/h1-5,12-16H,6-11H2,(H,20,24)/t12?,13-,14?,15-,16?/m1/s1. The van der Waals surface area contributed by atoms with Crippen molar-refractivity contribution in [3.63, 3.8) is 0 Å². The van der Waals surface area contributed by atoms with Gasteiger partial charge < -0.3 is 14.8 Å². The van der Waals surface area contributed by atoms with Gasteiger partial charge >= 0.3 is 0 Å². The zero-order chi connectivity index (χ0) is 16.3. The molecule has 3 heterocycles. The van der Waals surface area contributed by atoms with Crippen LogP contribution < -0.4 is 10.9 Å². The molecule has 5 rings (SSSR count). The first-order valence-corrected chi connectivity index (χ1v) is 9.51. The summed E-state index contributed by atoms with van der Waals surface area (Å²) in [4.78, 5) is 14.5. The van der Waals surface area contributed by atoms with Crippen molar-refractivity contribution in [3.05, 3.63) is 46.4 Å². The highest BCUT2D eigenvalue weighted by Gasteiger charge is 2.38. The van der Waals surface area contributed by atoms with Crippen LogP contribution in [-0.2, 0) is 6.54 Å². The van der Waals surface area contributed by atoms with E-state index in [1.165, 1.54) is 25.0 Å². The van der Waals surface area contributed by atoms with Gasteiger partial charge in [0, 0.05) is 43.4 Å². The van der Waals surface area contributed by atoms with Crippen LogP contribution in [0.4, 0.5) is 0 Å². The van der Waals surface area contributed by atoms with E-state index in [4.69, 9.17) is 12.2 Å². The lowest BCUT2D eigenvalue weighted by molar-refractivity contribution is 0.176. The maximum Gasteiger partial charge on any atom is 0.250 e. The predicted octanol–water partition coefficient (Wildman–Crippen LogP) is 2.11. The van der Waals surface area contributed by atoms with Crippen molar-refractivity contribution in [2.45, 2.75) is 37.8 Å². The second-order valence-electron chi connectivity index (χ2n) is 7.94. The molecule has 2 aliphatic heterocycles. The quantitative estimate of drug-likeness (QED) is 0.627. The highest BCUT2D eigenvalue weighted by molar-refractivity contribution is 7.80. The van der Waals surface area contributed by atoms with Crippen LogP contribution in [0.5, 0.6) is 0 Å². The molecular formula is C19H23N3OS. The number of aromatic nitrogens is 1. The smallest absolute Gasteiger partial charge is 0.250 e. The Morgan fingerprint density at radius 1 is 1.12 bits per heavy atom. The van der Waals surface area contributed by atoms with Gasteiger partial charge in [-0.1, -0.05) is 18.2 Å². The van der Waals surface area contributed by atoms with Gasteiger partial charge in [0.05, 0.1) is 0 Å². The van der Waals surface area contributed by atoms with Gasteiger partial charge in [0.2, 0.25) is 0 Å². The van der Waals surface area contributed by atoms with Crippen LogP contribution in [0, 0.1) is 17.8 Å². The molecule has 5 heteroatoms. The number of piperidine rings is 1. The fourth-order valence-corrected chi connectivity index (χ4v) is 5.56. The van der Waals surface area contributed by atoms with Crippen molar-refractivity contribution in [1.82, 2.24) is 14.8 Å². The van der Waals surface area contributed by atoms with E-state index in [9.17, 15) is 4.79 Å². The molecular weight excluding hydrogens is 318 g/mol. The number of nitrogens with one attached hydrogen (secondary N) is 1. The minimum Gasteiger partial charge on any atom is -0.359 e. The number of allylic oxidation sites excluding steroid dienone is 1. The number of likely N-dealkylation sites (tertiary alicyclic amines) is 1. The molecule has 0 spiro atoms. The van der Waals surface area contributed by atoms with E-state index in [0.717, 1.165) is 30.7 Å². The Bertz CT molecular complexity index is 770. The second-order valence-corrected chi connectivity index (χ2v) is 8.33. The third-order valence-corrected chi connectivity index (χ3v) is 6.73. The van der Waals surface area contributed by atoms with Crippen LogP contribution in [0.3, 0.4) is 0 Å². The molecule has 4 nitrogen and oxygen atoms in total. The lowest BCUT2D eigenvalue weighted by Crippen LogP contribution is -2.53. The Morgan fingerprint density at radius 3 is 2.83 bits per heavy atom. The first kappa shape index (κ1) is 14.7. The molecule has 0 amide bonds. The summed E-state index contributed by atoms with van der Waals surface area (Å²) < 4.78 is 1.98. The van der Waals surface area contributed by atoms with Gasteiger partial charge in [-0.15, -0.1) is 0 Å². The molecule has 4 bridgehead atoms. The van der Waals surface area contributed by atoms with Crippen LogP contribution in [0.25, 0.3) is 0 Å². The third kappa shape index (κ3) is 2.32. The molecule has 0 radical (unpaired) electrons. The van der Waals surface area contributed by atoms with Crippen molar-refractivity contribution in [2.24, 2.45) is 17.8 Å². The first-order chi connectivity index (χ1) is 11.7. The van der Waals surface area contributed by atoms with Crippen molar-refractivity contribution in [2.75, 3.05) is 13.1 Å². The van der Waals surface area contributed by atoms with E-state index < -0.39 is 0 Å². The normalized spacial score (nSPS) is 35.8. The summed E-state index contributed by atoms with van der Waals surface area (Å²) in [6.45, 7) is 2.74. The van der Waals surface area contributed by atoms with E-state index in [2.05, 4.69) is 28.4 Å². The summed E-state index contributed by atoms with van der Waals surface area (Å²) >= 11 is 5.75. The molecule has 4 aliphatic rings. The van der Waals surface area contributed by atoms with E-state index >= 15 is 0 Å². The Kier molecular flexibility index (Phi) is 3.34. The van der Waals surface area contributed by atoms with Crippen molar-refractivity contribution < 1.29 is 0 Å². The van der Waals surface area contributed by atoms with Crippen LogP contribution in [0.15, 0.2) is 35.1 Å². The lowest BCUT2D eigenvalue weighted by Gasteiger charge is -2.44. The van der Waals surface area contributed by atoms with Gasteiger partial charge in [-0.3, -0.25) is 4.79 Å². The topological polar surface area (TPSA) is 37.3 Å². The van der Waals surface area contributed by atoms with E-state index in [-0.39, 0.29) is 5.56 Å². The van der Waals surface area contributed by atoms with E-state index in [0.29, 0.717) is 23.8 Å². The second kappa shape index (κ2) is 5.45. The monoisotopic (exact) mass is 341 g/mol. The van der Waals surface area contributed by atoms with Gasteiger partial charge in [0.1, 0.15) is 0 Å². The fourth-order valence-electron chi connectivity index (χ4n) is 5.26. The maximum absolute atomic E-state index is 12.1. The van der Waals surface area contributed by atoms with Gasteiger partial charge in [-0.2, -0.15) is 0 Å². The van der Waals surface area contributed by atoms with E-state index in [1.807, 2.05) is 10.6 Å². The van der Waals surface area contributed by atoms with Gasteiger partial charge in [-0.25, -0.2) is 0 Å². The number of fused-ring (bicyclic) bond motifs is 6. The summed E-state index contributed by atoms with van der Waals surface area (Å²) in [6, 6.07) is 6.20.